The standard InChI is InChI=1S/C14H12N4O2/c1-2-11-12(20-6-5-19-11)7-10(1)17-14-8-16-13-3-4-15-9-18(13)14/h1-4,7-9,17H,5-6H2. The molecule has 1 aliphatic heterocycles. The summed E-state index contributed by atoms with van der Waals surface area (Å²) in [7, 11) is 0. The molecule has 0 unspecified atom stereocenters. The quantitative estimate of drug-likeness (QED) is 0.772. The van der Waals surface area contributed by atoms with E-state index < -0.39 is 0 Å². The van der Waals surface area contributed by atoms with E-state index in [1.807, 2.05) is 28.7 Å². The minimum atomic E-state index is 0.579. The van der Waals surface area contributed by atoms with Crippen LogP contribution in [-0.2, 0) is 0 Å². The van der Waals surface area contributed by atoms with Gasteiger partial charge in [-0.05, 0) is 18.2 Å². The highest BCUT2D eigenvalue weighted by Crippen LogP contribution is 2.33. The predicted molar refractivity (Wildman–Crippen MR) is 73.7 cm³/mol. The number of nitrogens with one attached hydrogen (secondary N) is 1. The lowest BCUT2D eigenvalue weighted by atomic mass is 10.2. The second-order valence-electron chi connectivity index (χ2n) is 4.44. The lowest BCUT2D eigenvalue weighted by molar-refractivity contribution is 0.171. The SMILES string of the molecule is c1cc2ncc(Nc3ccc4c(c3)OCCO4)n2cn1. The number of benzene rings is 1. The highest BCUT2D eigenvalue weighted by molar-refractivity contribution is 5.63. The van der Waals surface area contributed by atoms with E-state index in [-0.39, 0.29) is 0 Å². The number of anilines is 2. The van der Waals surface area contributed by atoms with Crippen molar-refractivity contribution in [1.29, 1.82) is 0 Å². The first kappa shape index (κ1) is 11.1. The second kappa shape index (κ2) is 4.41. The Labute approximate surface area is 115 Å². The minimum absolute atomic E-state index is 0.579. The average Bonchev–Trinajstić information content (AvgIpc) is 2.91. The Morgan fingerprint density at radius 1 is 1.10 bits per heavy atom. The van der Waals surface area contributed by atoms with Crippen molar-refractivity contribution in [2.75, 3.05) is 18.5 Å². The minimum Gasteiger partial charge on any atom is -0.486 e. The van der Waals surface area contributed by atoms with Gasteiger partial charge in [-0.2, -0.15) is 0 Å². The average molecular weight is 268 g/mol. The van der Waals surface area contributed by atoms with E-state index in [1.54, 1.807) is 18.7 Å². The molecule has 3 heterocycles. The number of aromatic nitrogens is 3. The zero-order chi connectivity index (χ0) is 13.4. The van der Waals surface area contributed by atoms with Crippen LogP contribution >= 0.6 is 0 Å². The van der Waals surface area contributed by atoms with Gasteiger partial charge in [-0.25, -0.2) is 9.97 Å². The predicted octanol–water partition coefficient (Wildman–Crippen LogP) is 2.24. The van der Waals surface area contributed by atoms with Crippen molar-refractivity contribution in [2.45, 2.75) is 0 Å². The van der Waals surface area contributed by atoms with E-state index in [1.165, 1.54) is 0 Å². The third kappa shape index (κ3) is 1.82. The Bertz CT molecular complexity index is 769. The summed E-state index contributed by atoms with van der Waals surface area (Å²) in [5.74, 6) is 2.39. The zero-order valence-corrected chi connectivity index (χ0v) is 10.6. The Morgan fingerprint density at radius 2 is 2.00 bits per heavy atom. The van der Waals surface area contributed by atoms with Crippen molar-refractivity contribution >= 4 is 17.2 Å². The molecule has 1 aliphatic rings. The Hall–Kier alpha value is -2.76. The molecule has 1 N–H and O–H groups in total. The van der Waals surface area contributed by atoms with E-state index in [4.69, 9.17) is 9.47 Å². The monoisotopic (exact) mass is 268 g/mol. The van der Waals surface area contributed by atoms with Crippen LogP contribution in [0.4, 0.5) is 11.5 Å². The van der Waals surface area contributed by atoms with Crippen molar-refractivity contribution in [3.63, 3.8) is 0 Å². The molecule has 20 heavy (non-hydrogen) atoms. The van der Waals surface area contributed by atoms with Gasteiger partial charge in [0.05, 0.1) is 6.20 Å². The summed E-state index contributed by atoms with van der Waals surface area (Å²) < 4.78 is 13.0. The molecular weight excluding hydrogens is 256 g/mol. The van der Waals surface area contributed by atoms with Crippen molar-refractivity contribution in [3.8, 4) is 11.5 Å². The van der Waals surface area contributed by atoms with Crippen LogP contribution in [0.15, 0.2) is 43.0 Å². The van der Waals surface area contributed by atoms with Crippen LogP contribution in [0, 0.1) is 0 Å². The summed E-state index contributed by atoms with van der Waals surface area (Å²) in [6.07, 6.45) is 5.21. The van der Waals surface area contributed by atoms with Gasteiger partial charge in [0, 0.05) is 18.0 Å². The Balaban J connectivity index is 1.68. The van der Waals surface area contributed by atoms with Gasteiger partial charge in [-0.1, -0.05) is 0 Å². The fourth-order valence-electron chi connectivity index (χ4n) is 2.20. The van der Waals surface area contributed by atoms with Crippen LogP contribution in [0.1, 0.15) is 0 Å². The molecule has 6 nitrogen and oxygen atoms in total. The molecule has 0 spiro atoms. The van der Waals surface area contributed by atoms with Crippen LogP contribution in [0.3, 0.4) is 0 Å². The van der Waals surface area contributed by atoms with Crippen LogP contribution in [0.25, 0.3) is 5.65 Å². The number of imidazole rings is 1. The largest absolute Gasteiger partial charge is 0.486 e. The molecule has 6 heteroatoms. The number of fused-ring (bicyclic) bond motifs is 2. The highest BCUT2D eigenvalue weighted by atomic mass is 16.6. The van der Waals surface area contributed by atoms with Gasteiger partial charge in [-0.15, -0.1) is 0 Å². The molecule has 0 radical (unpaired) electrons. The van der Waals surface area contributed by atoms with Crippen LogP contribution in [0.5, 0.6) is 11.5 Å². The highest BCUT2D eigenvalue weighted by Gasteiger charge is 2.12. The first-order valence-corrected chi connectivity index (χ1v) is 6.34. The molecule has 0 aliphatic carbocycles. The van der Waals surface area contributed by atoms with Crippen molar-refractivity contribution in [2.24, 2.45) is 0 Å². The summed E-state index contributed by atoms with van der Waals surface area (Å²) in [5, 5.41) is 3.30. The van der Waals surface area contributed by atoms with Crippen molar-refractivity contribution in [3.05, 3.63) is 43.0 Å². The fourth-order valence-corrected chi connectivity index (χ4v) is 2.20. The number of nitrogens with zero attached hydrogens (tertiary/aromatic N) is 3. The van der Waals surface area contributed by atoms with Crippen molar-refractivity contribution < 1.29 is 9.47 Å². The molecule has 4 rings (SSSR count). The van der Waals surface area contributed by atoms with E-state index in [9.17, 15) is 0 Å². The second-order valence-corrected chi connectivity index (χ2v) is 4.44. The van der Waals surface area contributed by atoms with Crippen LogP contribution in [0.2, 0.25) is 0 Å². The Morgan fingerprint density at radius 3 is 2.95 bits per heavy atom. The van der Waals surface area contributed by atoms with E-state index in [0.29, 0.717) is 13.2 Å². The normalized spacial score (nSPS) is 13.4. The molecule has 100 valence electrons. The molecular formula is C14H12N4O2. The number of rotatable bonds is 2. The van der Waals surface area contributed by atoms with Gasteiger partial charge in [0.15, 0.2) is 11.5 Å². The molecule has 3 aromatic rings. The topological polar surface area (TPSA) is 60.7 Å². The smallest absolute Gasteiger partial charge is 0.163 e. The van der Waals surface area contributed by atoms with E-state index in [2.05, 4.69) is 15.3 Å². The summed E-state index contributed by atoms with van der Waals surface area (Å²) >= 11 is 0. The Kier molecular flexibility index (Phi) is 2.45. The molecule has 0 bridgehead atoms. The summed E-state index contributed by atoms with van der Waals surface area (Å²) in [4.78, 5) is 8.40. The van der Waals surface area contributed by atoms with Gasteiger partial charge in [0.25, 0.3) is 0 Å². The molecule has 2 aromatic heterocycles. The van der Waals surface area contributed by atoms with Gasteiger partial charge in [-0.3, -0.25) is 4.40 Å². The van der Waals surface area contributed by atoms with Crippen LogP contribution in [-0.4, -0.2) is 27.6 Å². The third-order valence-corrected chi connectivity index (χ3v) is 3.13. The van der Waals surface area contributed by atoms with Gasteiger partial charge < -0.3 is 14.8 Å². The number of ether oxygens (including phenoxy) is 2. The maximum absolute atomic E-state index is 5.57. The third-order valence-electron chi connectivity index (χ3n) is 3.13. The first-order chi connectivity index (χ1) is 9.90. The summed E-state index contributed by atoms with van der Waals surface area (Å²) in [5.41, 5.74) is 1.76. The molecule has 0 amide bonds. The summed E-state index contributed by atoms with van der Waals surface area (Å²) in [6.45, 7) is 1.18. The van der Waals surface area contributed by atoms with E-state index >= 15 is 0 Å². The lowest BCUT2D eigenvalue weighted by Crippen LogP contribution is -2.15. The van der Waals surface area contributed by atoms with Crippen molar-refractivity contribution in [1.82, 2.24) is 14.4 Å². The molecule has 0 saturated carbocycles. The summed E-state index contributed by atoms with van der Waals surface area (Å²) in [6, 6.07) is 7.63. The molecule has 1 aromatic carbocycles. The number of hydrogen-bond donors (Lipinski definition) is 1. The first-order valence-electron chi connectivity index (χ1n) is 6.34. The number of hydrogen-bond acceptors (Lipinski definition) is 5. The maximum Gasteiger partial charge on any atom is 0.163 e. The van der Waals surface area contributed by atoms with Crippen LogP contribution < -0.4 is 14.8 Å². The zero-order valence-electron chi connectivity index (χ0n) is 10.6. The molecule has 0 fully saturated rings. The maximum atomic E-state index is 5.57. The lowest BCUT2D eigenvalue weighted by Gasteiger charge is -2.19. The van der Waals surface area contributed by atoms with Gasteiger partial charge in [0.2, 0.25) is 0 Å². The van der Waals surface area contributed by atoms with Gasteiger partial charge in [0.1, 0.15) is 31.0 Å². The van der Waals surface area contributed by atoms with Gasteiger partial charge >= 0.3 is 0 Å². The molecule has 0 saturated heterocycles. The van der Waals surface area contributed by atoms with E-state index in [0.717, 1.165) is 28.7 Å². The fraction of sp³-hybridized carbons (Fsp3) is 0.143. The molecule has 0 atom stereocenters.